The van der Waals surface area contributed by atoms with Crippen molar-refractivity contribution in [1.29, 1.82) is 5.26 Å². The smallest absolute Gasteiger partial charge is 0.244 e. The molecule has 0 heterocycles. The van der Waals surface area contributed by atoms with Gasteiger partial charge in [0.25, 0.3) is 0 Å². The van der Waals surface area contributed by atoms with E-state index in [4.69, 9.17) is 5.26 Å². The van der Waals surface area contributed by atoms with Gasteiger partial charge in [-0.1, -0.05) is 43.2 Å². The highest BCUT2D eigenvalue weighted by molar-refractivity contribution is 5.95. The monoisotopic (exact) mass is 426 g/mol. The number of amides is 3. The molecule has 1 aromatic rings. The van der Waals surface area contributed by atoms with Crippen LogP contribution >= 0.6 is 0 Å². The van der Waals surface area contributed by atoms with Crippen LogP contribution in [0, 0.1) is 17.2 Å². The van der Waals surface area contributed by atoms with Crippen molar-refractivity contribution in [3.05, 3.63) is 42.0 Å². The molecule has 3 atom stereocenters. The first-order valence-electron chi connectivity index (χ1n) is 10.6. The third-order valence-corrected chi connectivity index (χ3v) is 5.02. The van der Waals surface area contributed by atoms with Gasteiger partial charge in [-0.15, -0.1) is 0 Å². The Morgan fingerprint density at radius 2 is 1.94 bits per heavy atom. The van der Waals surface area contributed by atoms with Crippen molar-refractivity contribution in [3.8, 4) is 6.07 Å². The van der Waals surface area contributed by atoms with Gasteiger partial charge in [0.05, 0.1) is 12.1 Å². The molecule has 1 aliphatic carbocycles. The number of nitriles is 1. The van der Waals surface area contributed by atoms with E-state index in [1.807, 2.05) is 30.3 Å². The fourth-order valence-corrected chi connectivity index (χ4v) is 3.13. The zero-order valence-corrected chi connectivity index (χ0v) is 17.7. The second-order valence-corrected chi connectivity index (χ2v) is 7.67. The van der Waals surface area contributed by atoms with Gasteiger partial charge in [-0.05, 0) is 37.3 Å². The van der Waals surface area contributed by atoms with Crippen LogP contribution in [0.2, 0.25) is 0 Å². The van der Waals surface area contributed by atoms with Gasteiger partial charge < -0.3 is 21.1 Å². The predicted octanol–water partition coefficient (Wildman–Crippen LogP) is 1.27. The fourth-order valence-electron chi connectivity index (χ4n) is 3.13. The molecule has 1 aliphatic rings. The first-order valence-corrected chi connectivity index (χ1v) is 10.6. The van der Waals surface area contributed by atoms with Crippen LogP contribution < -0.4 is 16.0 Å². The van der Waals surface area contributed by atoms with Crippen LogP contribution in [0.25, 0.3) is 6.08 Å². The lowest BCUT2D eigenvalue weighted by Gasteiger charge is -2.24. The highest BCUT2D eigenvalue weighted by Gasteiger charge is 2.32. The Hall–Kier alpha value is -3.18. The lowest BCUT2D eigenvalue weighted by atomic mass is 10.0. The van der Waals surface area contributed by atoms with Crippen LogP contribution in [0.1, 0.15) is 44.6 Å². The summed E-state index contributed by atoms with van der Waals surface area (Å²) >= 11 is 0. The maximum atomic E-state index is 12.8. The molecule has 1 fully saturated rings. The number of hydrogen-bond acceptors (Lipinski definition) is 5. The molecule has 0 saturated heterocycles. The summed E-state index contributed by atoms with van der Waals surface area (Å²) in [5, 5.41) is 27.1. The molecule has 2 unspecified atom stereocenters. The molecule has 1 saturated carbocycles. The fraction of sp³-hybridized carbons (Fsp3) is 0.478. The Balaban J connectivity index is 1.99. The molecule has 1 aromatic carbocycles. The Bertz CT molecular complexity index is 815. The van der Waals surface area contributed by atoms with E-state index < -0.39 is 30.0 Å². The summed E-state index contributed by atoms with van der Waals surface area (Å²) in [6, 6.07) is 9.36. The molecule has 8 heteroatoms. The first kappa shape index (κ1) is 24.1. The van der Waals surface area contributed by atoms with Crippen molar-refractivity contribution in [2.75, 3.05) is 6.54 Å². The van der Waals surface area contributed by atoms with Gasteiger partial charge in [-0.2, -0.15) is 5.26 Å². The van der Waals surface area contributed by atoms with Crippen molar-refractivity contribution in [2.24, 2.45) is 5.92 Å². The highest BCUT2D eigenvalue weighted by Crippen LogP contribution is 2.33. The van der Waals surface area contributed by atoms with Gasteiger partial charge >= 0.3 is 0 Å². The van der Waals surface area contributed by atoms with E-state index in [1.54, 1.807) is 19.1 Å². The summed E-state index contributed by atoms with van der Waals surface area (Å²) in [4.78, 5) is 36.9. The minimum atomic E-state index is -1.45. The number of aliphatic hydroxyl groups excluding tert-OH is 1. The van der Waals surface area contributed by atoms with E-state index in [0.29, 0.717) is 18.9 Å². The van der Waals surface area contributed by atoms with E-state index in [-0.39, 0.29) is 18.7 Å². The normalized spacial score (nSPS) is 16.0. The molecule has 0 bridgehead atoms. The molecule has 166 valence electrons. The molecule has 0 radical (unpaired) electrons. The third-order valence-electron chi connectivity index (χ3n) is 5.02. The maximum absolute atomic E-state index is 12.8. The van der Waals surface area contributed by atoms with Gasteiger partial charge in [-0.3, -0.25) is 14.4 Å². The number of carbonyl (C=O) groups excluding carboxylic acids is 3. The number of carbonyl (C=O) groups is 3. The summed E-state index contributed by atoms with van der Waals surface area (Å²) < 4.78 is 0. The van der Waals surface area contributed by atoms with Gasteiger partial charge in [0.1, 0.15) is 6.04 Å². The highest BCUT2D eigenvalue weighted by atomic mass is 16.3. The molecule has 3 amide bonds. The lowest BCUT2D eigenvalue weighted by molar-refractivity contribution is -0.128. The Morgan fingerprint density at radius 3 is 2.55 bits per heavy atom. The van der Waals surface area contributed by atoms with E-state index in [1.165, 1.54) is 6.08 Å². The SMILES string of the molecule is CCNC(=O)CCC(NC(=O)[C@H](CC1CC1)NC(=O)/C=C/c1ccccc1)C(O)C#N. The van der Waals surface area contributed by atoms with Crippen molar-refractivity contribution in [2.45, 2.75) is 57.2 Å². The van der Waals surface area contributed by atoms with Crippen LogP contribution in [0.5, 0.6) is 0 Å². The average Bonchev–Trinajstić information content (AvgIpc) is 3.59. The van der Waals surface area contributed by atoms with Crippen molar-refractivity contribution in [3.63, 3.8) is 0 Å². The minimum absolute atomic E-state index is 0.0665. The number of aliphatic hydroxyl groups is 1. The third kappa shape index (κ3) is 9.01. The largest absolute Gasteiger partial charge is 0.376 e. The lowest BCUT2D eigenvalue weighted by Crippen LogP contribution is -2.52. The zero-order valence-electron chi connectivity index (χ0n) is 17.7. The molecule has 2 rings (SSSR count). The van der Waals surface area contributed by atoms with Crippen LogP contribution in [0.4, 0.5) is 0 Å². The van der Waals surface area contributed by atoms with Crippen molar-refractivity contribution < 1.29 is 19.5 Å². The van der Waals surface area contributed by atoms with E-state index in [0.717, 1.165) is 18.4 Å². The predicted molar refractivity (Wildman–Crippen MR) is 116 cm³/mol. The Morgan fingerprint density at radius 1 is 1.23 bits per heavy atom. The van der Waals surface area contributed by atoms with Crippen molar-refractivity contribution in [1.82, 2.24) is 16.0 Å². The Kier molecular flexibility index (Phi) is 9.72. The topological polar surface area (TPSA) is 131 Å². The average molecular weight is 427 g/mol. The first-order chi connectivity index (χ1) is 14.9. The van der Waals surface area contributed by atoms with Gasteiger partial charge in [0.15, 0.2) is 6.10 Å². The number of rotatable bonds is 12. The summed E-state index contributed by atoms with van der Waals surface area (Å²) in [6.07, 6.45) is 4.26. The summed E-state index contributed by atoms with van der Waals surface area (Å²) in [5.41, 5.74) is 0.864. The molecule has 0 aromatic heterocycles. The molecule has 0 spiro atoms. The van der Waals surface area contributed by atoms with Gasteiger partial charge in [0, 0.05) is 19.0 Å². The second kappa shape index (κ2) is 12.5. The maximum Gasteiger partial charge on any atom is 0.244 e. The molecule has 8 nitrogen and oxygen atoms in total. The van der Waals surface area contributed by atoms with E-state index in [9.17, 15) is 19.5 Å². The summed E-state index contributed by atoms with van der Waals surface area (Å²) in [5.74, 6) is -0.725. The molecule has 4 N–H and O–H groups in total. The molecular weight excluding hydrogens is 396 g/mol. The Labute approximate surface area is 182 Å². The zero-order chi connectivity index (χ0) is 22.6. The summed E-state index contributed by atoms with van der Waals surface area (Å²) in [6.45, 7) is 2.27. The van der Waals surface area contributed by atoms with Crippen LogP contribution in [-0.4, -0.2) is 47.6 Å². The van der Waals surface area contributed by atoms with Crippen LogP contribution in [-0.2, 0) is 14.4 Å². The van der Waals surface area contributed by atoms with Gasteiger partial charge in [0.2, 0.25) is 17.7 Å². The number of benzene rings is 1. The van der Waals surface area contributed by atoms with Gasteiger partial charge in [-0.25, -0.2) is 0 Å². The number of hydrogen-bond donors (Lipinski definition) is 4. The summed E-state index contributed by atoms with van der Waals surface area (Å²) in [7, 11) is 0. The molecular formula is C23H30N4O4. The molecule has 0 aliphatic heterocycles. The van der Waals surface area contributed by atoms with Crippen LogP contribution in [0.3, 0.4) is 0 Å². The quantitative estimate of drug-likeness (QED) is 0.295. The standard InChI is InChI=1S/C23H30N4O4/c1-2-25-21(29)13-11-18(20(28)15-24)27-23(31)19(14-17-8-9-17)26-22(30)12-10-16-6-4-3-5-7-16/h3-7,10,12,17-20,28H,2,8-9,11,13-14H2,1H3,(H,25,29)(H,26,30)(H,27,31)/b12-10+/t18?,19-,20?/m0/s1. The molecule has 31 heavy (non-hydrogen) atoms. The minimum Gasteiger partial charge on any atom is -0.376 e. The number of nitrogens with zero attached hydrogens (tertiary/aromatic N) is 1. The number of nitrogens with one attached hydrogen (secondary N) is 3. The van der Waals surface area contributed by atoms with E-state index in [2.05, 4.69) is 16.0 Å². The van der Waals surface area contributed by atoms with Crippen molar-refractivity contribution >= 4 is 23.8 Å². The van der Waals surface area contributed by atoms with Crippen LogP contribution in [0.15, 0.2) is 36.4 Å². The second-order valence-electron chi connectivity index (χ2n) is 7.67. The van der Waals surface area contributed by atoms with E-state index >= 15 is 0 Å².